The molecule has 0 saturated carbocycles. The van der Waals surface area contributed by atoms with Crippen molar-refractivity contribution < 1.29 is 14.6 Å². The summed E-state index contributed by atoms with van der Waals surface area (Å²) in [6.45, 7) is 5.02. The average Bonchev–Trinajstić information content (AvgIpc) is 2.63. The number of aliphatic hydroxyl groups is 1. The van der Waals surface area contributed by atoms with E-state index in [-0.39, 0.29) is 12.4 Å². The fourth-order valence-corrected chi connectivity index (χ4v) is 3.40. The molecule has 0 aliphatic rings. The van der Waals surface area contributed by atoms with E-state index < -0.39 is 12.0 Å². The summed E-state index contributed by atoms with van der Waals surface area (Å²) in [7, 11) is 0. The summed E-state index contributed by atoms with van der Waals surface area (Å²) >= 11 is 12.3. The summed E-state index contributed by atoms with van der Waals surface area (Å²) < 4.78 is 5.83. The second-order valence-corrected chi connectivity index (χ2v) is 7.26. The number of rotatable bonds is 10. The summed E-state index contributed by atoms with van der Waals surface area (Å²) in [5, 5.41) is 14.2. The van der Waals surface area contributed by atoms with Gasteiger partial charge in [-0.15, -0.1) is 0 Å². The average molecular weight is 410 g/mol. The number of para-hydroxylation sites is 1. The van der Waals surface area contributed by atoms with Crippen molar-refractivity contribution in [2.75, 3.05) is 19.7 Å². The van der Waals surface area contributed by atoms with Gasteiger partial charge in [0.2, 0.25) is 0 Å². The Morgan fingerprint density at radius 1 is 1.19 bits per heavy atom. The molecular weight excluding hydrogens is 385 g/mol. The minimum atomic E-state index is -0.639. The molecule has 0 amide bonds. The van der Waals surface area contributed by atoms with Crippen molar-refractivity contribution >= 4 is 29.0 Å². The predicted molar refractivity (Wildman–Crippen MR) is 110 cm³/mol. The Balaban J connectivity index is 2.24. The number of carbonyl (C=O) groups excluding carboxylic acids is 1. The molecule has 0 heterocycles. The third kappa shape index (κ3) is 6.22. The van der Waals surface area contributed by atoms with E-state index in [2.05, 4.69) is 12.2 Å². The molecule has 6 heteroatoms. The summed E-state index contributed by atoms with van der Waals surface area (Å²) in [4.78, 5) is 12.4. The Hall–Kier alpha value is -1.59. The molecule has 27 heavy (non-hydrogen) atoms. The maximum absolute atomic E-state index is 12.4. The number of ketones is 1. The Morgan fingerprint density at radius 2 is 1.93 bits per heavy atom. The molecule has 0 fully saturated rings. The predicted octanol–water partition coefficient (Wildman–Crippen LogP) is 4.45. The lowest BCUT2D eigenvalue weighted by Gasteiger charge is -2.21. The monoisotopic (exact) mass is 409 g/mol. The van der Waals surface area contributed by atoms with Crippen LogP contribution in [0.15, 0.2) is 42.5 Å². The van der Waals surface area contributed by atoms with Gasteiger partial charge < -0.3 is 15.2 Å². The fourth-order valence-electron chi connectivity index (χ4n) is 2.88. The van der Waals surface area contributed by atoms with Crippen LogP contribution >= 0.6 is 23.2 Å². The van der Waals surface area contributed by atoms with E-state index in [1.54, 1.807) is 24.3 Å². The Morgan fingerprint density at radius 3 is 2.59 bits per heavy atom. The van der Waals surface area contributed by atoms with E-state index in [0.29, 0.717) is 33.5 Å². The number of hydrogen-bond acceptors (Lipinski definition) is 4. The molecular formula is C21H25Cl2NO3. The minimum absolute atomic E-state index is 0.0552. The molecule has 2 aromatic carbocycles. The summed E-state index contributed by atoms with van der Waals surface area (Å²) in [6.07, 6.45) is 0.359. The van der Waals surface area contributed by atoms with Gasteiger partial charge in [0.1, 0.15) is 24.2 Å². The van der Waals surface area contributed by atoms with E-state index in [9.17, 15) is 9.90 Å². The molecule has 2 aromatic rings. The molecule has 0 spiro atoms. The highest BCUT2D eigenvalue weighted by atomic mass is 35.5. The van der Waals surface area contributed by atoms with Crippen molar-refractivity contribution in [2.24, 2.45) is 0 Å². The van der Waals surface area contributed by atoms with Gasteiger partial charge in [0.05, 0.1) is 5.92 Å². The summed E-state index contributed by atoms with van der Waals surface area (Å²) in [5.74, 6) is -0.0694. The first-order chi connectivity index (χ1) is 12.9. The van der Waals surface area contributed by atoms with Crippen molar-refractivity contribution in [3.05, 3.63) is 63.6 Å². The van der Waals surface area contributed by atoms with Crippen LogP contribution in [0.5, 0.6) is 5.75 Å². The van der Waals surface area contributed by atoms with Gasteiger partial charge in [0.15, 0.2) is 0 Å². The van der Waals surface area contributed by atoms with E-state index in [1.807, 2.05) is 18.2 Å². The second kappa shape index (κ2) is 10.7. The molecule has 0 aliphatic heterocycles. The second-order valence-electron chi connectivity index (χ2n) is 6.42. The number of ether oxygens (including phenoxy) is 1. The normalized spacial score (nSPS) is 13.2. The summed E-state index contributed by atoms with van der Waals surface area (Å²) in [6, 6.07) is 12.4. The van der Waals surface area contributed by atoms with Crippen LogP contribution in [0, 0.1) is 0 Å². The van der Waals surface area contributed by atoms with E-state index in [0.717, 1.165) is 13.0 Å². The van der Waals surface area contributed by atoms with Crippen LogP contribution in [-0.2, 0) is 4.79 Å². The number of carbonyl (C=O) groups is 1. The van der Waals surface area contributed by atoms with Crippen molar-refractivity contribution in [3.8, 4) is 5.75 Å². The largest absolute Gasteiger partial charge is 0.491 e. The third-order valence-electron chi connectivity index (χ3n) is 4.15. The Bertz CT molecular complexity index is 767. The zero-order chi connectivity index (χ0) is 19.8. The van der Waals surface area contributed by atoms with Gasteiger partial charge in [0.25, 0.3) is 0 Å². The van der Waals surface area contributed by atoms with Crippen LogP contribution in [0.2, 0.25) is 10.0 Å². The molecule has 2 rings (SSSR count). The molecule has 2 N–H and O–H groups in total. The topological polar surface area (TPSA) is 58.6 Å². The van der Waals surface area contributed by atoms with Gasteiger partial charge in [-0.1, -0.05) is 54.4 Å². The fraction of sp³-hybridized carbons (Fsp3) is 0.381. The van der Waals surface area contributed by atoms with Crippen LogP contribution in [0.1, 0.15) is 37.3 Å². The number of nitrogens with one attached hydrogen (secondary N) is 1. The highest BCUT2D eigenvalue weighted by Crippen LogP contribution is 2.37. The molecule has 0 radical (unpaired) electrons. The van der Waals surface area contributed by atoms with E-state index >= 15 is 0 Å². The molecule has 146 valence electrons. The van der Waals surface area contributed by atoms with Gasteiger partial charge in [0, 0.05) is 22.2 Å². The lowest BCUT2D eigenvalue weighted by molar-refractivity contribution is -0.117. The number of Topliss-reactive ketones (excluding diaryl/α,β-unsaturated/α-hetero) is 1. The first kappa shape index (κ1) is 21.7. The van der Waals surface area contributed by atoms with Gasteiger partial charge in [-0.05, 0) is 43.7 Å². The third-order valence-corrected chi connectivity index (χ3v) is 4.71. The maximum atomic E-state index is 12.4. The number of hydrogen-bond donors (Lipinski definition) is 2. The number of halogens is 2. The molecule has 2 unspecified atom stereocenters. The van der Waals surface area contributed by atoms with Crippen molar-refractivity contribution in [1.29, 1.82) is 0 Å². The molecule has 0 aliphatic carbocycles. The van der Waals surface area contributed by atoms with Crippen molar-refractivity contribution in [2.45, 2.75) is 32.3 Å². The van der Waals surface area contributed by atoms with Gasteiger partial charge in [-0.2, -0.15) is 0 Å². The van der Waals surface area contributed by atoms with E-state index in [4.69, 9.17) is 27.9 Å². The van der Waals surface area contributed by atoms with Crippen LogP contribution in [0.3, 0.4) is 0 Å². The van der Waals surface area contributed by atoms with Crippen LogP contribution < -0.4 is 10.1 Å². The highest BCUT2D eigenvalue weighted by molar-refractivity contribution is 6.35. The first-order valence-corrected chi connectivity index (χ1v) is 9.75. The Labute approximate surface area is 170 Å². The van der Waals surface area contributed by atoms with Gasteiger partial charge in [-0.25, -0.2) is 0 Å². The zero-order valence-electron chi connectivity index (χ0n) is 15.5. The van der Waals surface area contributed by atoms with Gasteiger partial charge in [-0.3, -0.25) is 4.79 Å². The molecule has 0 aromatic heterocycles. The van der Waals surface area contributed by atoms with E-state index in [1.165, 1.54) is 6.92 Å². The lowest BCUT2D eigenvalue weighted by atomic mass is 9.87. The quantitative estimate of drug-likeness (QED) is 0.568. The lowest BCUT2D eigenvalue weighted by Crippen LogP contribution is -2.32. The van der Waals surface area contributed by atoms with Crippen LogP contribution in [-0.4, -0.2) is 36.7 Å². The standard InChI is InChI=1S/C21H25Cl2NO3/c1-3-10-24-12-16(26)13-27-20-7-5-4-6-18(20)21(14(2)25)17-9-8-15(22)11-19(17)23/h4-9,11,16,21,24,26H,3,10,12-13H2,1-2H3. The zero-order valence-corrected chi connectivity index (χ0v) is 17.1. The van der Waals surface area contributed by atoms with Gasteiger partial charge >= 0.3 is 0 Å². The smallest absolute Gasteiger partial charge is 0.141 e. The molecule has 2 atom stereocenters. The summed E-state index contributed by atoms with van der Waals surface area (Å²) in [5.41, 5.74) is 1.39. The Kier molecular flexibility index (Phi) is 8.58. The molecule has 0 bridgehead atoms. The first-order valence-electron chi connectivity index (χ1n) is 9.00. The maximum Gasteiger partial charge on any atom is 0.141 e. The van der Waals surface area contributed by atoms with Crippen LogP contribution in [0.25, 0.3) is 0 Å². The SMILES string of the molecule is CCCNCC(O)COc1ccccc1C(C(C)=O)c1ccc(Cl)cc1Cl. The van der Waals surface area contributed by atoms with Crippen molar-refractivity contribution in [1.82, 2.24) is 5.32 Å². The molecule has 4 nitrogen and oxygen atoms in total. The van der Waals surface area contributed by atoms with Crippen molar-refractivity contribution in [3.63, 3.8) is 0 Å². The number of aliphatic hydroxyl groups excluding tert-OH is 1. The number of benzene rings is 2. The van der Waals surface area contributed by atoms with Crippen LogP contribution in [0.4, 0.5) is 0 Å². The highest BCUT2D eigenvalue weighted by Gasteiger charge is 2.25. The molecule has 0 saturated heterocycles. The minimum Gasteiger partial charge on any atom is -0.491 e.